The molecule has 4 rings (SSSR count). The topological polar surface area (TPSA) is 81.0 Å². The van der Waals surface area contributed by atoms with E-state index in [0.29, 0.717) is 18.0 Å². The van der Waals surface area contributed by atoms with E-state index in [9.17, 15) is 8.42 Å². The van der Waals surface area contributed by atoms with Crippen LogP contribution >= 0.6 is 0 Å². The molecule has 1 aliphatic rings. The first kappa shape index (κ1) is 15.9. The molecule has 128 valence electrons. The number of fused-ring (bicyclic) bond motifs is 1. The summed E-state index contributed by atoms with van der Waals surface area (Å²) in [4.78, 5) is 0.293. The highest BCUT2D eigenvalue weighted by Crippen LogP contribution is 2.26. The third kappa shape index (κ3) is 2.83. The quantitative estimate of drug-likeness (QED) is 0.714. The zero-order chi connectivity index (χ0) is 17.4. The second-order valence-corrected chi connectivity index (χ2v) is 8.00. The monoisotopic (exact) mass is 355 g/mol. The van der Waals surface area contributed by atoms with Crippen molar-refractivity contribution in [3.05, 3.63) is 65.5 Å². The summed E-state index contributed by atoms with van der Waals surface area (Å²) < 4.78 is 29.1. The molecule has 0 saturated carbocycles. The van der Waals surface area contributed by atoms with Crippen molar-refractivity contribution in [2.45, 2.75) is 24.8 Å². The van der Waals surface area contributed by atoms with E-state index in [1.165, 1.54) is 16.6 Å². The van der Waals surface area contributed by atoms with Crippen molar-refractivity contribution in [3.8, 4) is 5.69 Å². The van der Waals surface area contributed by atoms with Crippen LogP contribution in [-0.2, 0) is 23.0 Å². The van der Waals surface area contributed by atoms with Crippen LogP contribution in [0.25, 0.3) is 5.69 Å². The fraction of sp³-hybridized carbons (Fsp3) is 0.235. The Labute approximate surface area is 146 Å². The Bertz CT molecular complexity index is 1020. The summed E-state index contributed by atoms with van der Waals surface area (Å²) in [5.41, 5.74) is 3.84. The summed E-state index contributed by atoms with van der Waals surface area (Å²) in [6.45, 7) is 2.75. The molecule has 2 heterocycles. The van der Waals surface area contributed by atoms with Gasteiger partial charge in [-0.05, 0) is 58.7 Å². The van der Waals surface area contributed by atoms with Gasteiger partial charge in [0.1, 0.15) is 6.33 Å². The van der Waals surface area contributed by atoms with E-state index in [-0.39, 0.29) is 0 Å². The summed E-state index contributed by atoms with van der Waals surface area (Å²) in [6.07, 6.45) is 2.22. The highest BCUT2D eigenvalue weighted by molar-refractivity contribution is 7.89. The standard InChI is InChI=1S/C17H17N5O2S/c1-13-10-16(6-7-17(13)22-12-18-19-20-22)25(23,24)21-9-8-14-4-2-3-5-15(14)11-21/h2-7,10,12H,8-9,11H2,1H3. The van der Waals surface area contributed by atoms with Gasteiger partial charge in [-0.2, -0.15) is 4.31 Å². The number of tetrazole rings is 1. The summed E-state index contributed by atoms with van der Waals surface area (Å²) >= 11 is 0. The van der Waals surface area contributed by atoms with Crippen LogP contribution in [0.2, 0.25) is 0 Å². The van der Waals surface area contributed by atoms with Crippen LogP contribution in [0.1, 0.15) is 16.7 Å². The molecule has 1 aromatic heterocycles. The number of hydrogen-bond donors (Lipinski definition) is 0. The Morgan fingerprint density at radius 1 is 1.08 bits per heavy atom. The highest BCUT2D eigenvalue weighted by atomic mass is 32.2. The molecule has 8 heteroatoms. The number of nitrogens with zero attached hydrogens (tertiary/aromatic N) is 5. The van der Waals surface area contributed by atoms with Gasteiger partial charge in [-0.15, -0.1) is 5.10 Å². The number of hydrogen-bond acceptors (Lipinski definition) is 5. The van der Waals surface area contributed by atoms with Gasteiger partial charge in [0.15, 0.2) is 0 Å². The van der Waals surface area contributed by atoms with Gasteiger partial charge in [0.2, 0.25) is 10.0 Å². The minimum absolute atomic E-state index is 0.293. The molecule has 0 spiro atoms. The summed E-state index contributed by atoms with van der Waals surface area (Å²) in [6, 6.07) is 13.0. The van der Waals surface area contributed by atoms with E-state index in [0.717, 1.165) is 23.2 Å². The van der Waals surface area contributed by atoms with Crippen LogP contribution in [0.5, 0.6) is 0 Å². The first-order valence-electron chi connectivity index (χ1n) is 7.96. The molecule has 1 aliphatic heterocycles. The molecule has 7 nitrogen and oxygen atoms in total. The molecule has 0 amide bonds. The van der Waals surface area contributed by atoms with E-state index < -0.39 is 10.0 Å². The molecule has 0 atom stereocenters. The number of aryl methyl sites for hydroxylation is 1. The van der Waals surface area contributed by atoms with Crippen molar-refractivity contribution in [2.24, 2.45) is 0 Å². The third-order valence-electron chi connectivity index (χ3n) is 4.50. The first-order valence-corrected chi connectivity index (χ1v) is 9.41. The Morgan fingerprint density at radius 3 is 2.60 bits per heavy atom. The van der Waals surface area contributed by atoms with Gasteiger partial charge in [-0.3, -0.25) is 0 Å². The maximum atomic E-state index is 13.0. The van der Waals surface area contributed by atoms with Gasteiger partial charge < -0.3 is 0 Å². The largest absolute Gasteiger partial charge is 0.243 e. The predicted molar refractivity (Wildman–Crippen MR) is 91.6 cm³/mol. The van der Waals surface area contributed by atoms with E-state index in [1.807, 2.05) is 25.1 Å². The van der Waals surface area contributed by atoms with Crippen LogP contribution in [0, 0.1) is 6.92 Å². The lowest BCUT2D eigenvalue weighted by Crippen LogP contribution is -2.36. The van der Waals surface area contributed by atoms with E-state index in [4.69, 9.17) is 0 Å². The van der Waals surface area contributed by atoms with Gasteiger partial charge in [0, 0.05) is 13.1 Å². The average molecular weight is 355 g/mol. The minimum Gasteiger partial charge on any atom is -0.207 e. The maximum Gasteiger partial charge on any atom is 0.243 e. The number of rotatable bonds is 3. The SMILES string of the molecule is Cc1cc(S(=O)(=O)N2CCc3ccccc3C2)ccc1-n1cnnn1. The summed E-state index contributed by atoms with van der Waals surface area (Å²) in [5.74, 6) is 0. The number of aromatic nitrogens is 4. The molecular weight excluding hydrogens is 338 g/mol. The summed E-state index contributed by atoms with van der Waals surface area (Å²) in [7, 11) is -3.54. The lowest BCUT2D eigenvalue weighted by molar-refractivity contribution is 0.391. The molecule has 2 aromatic carbocycles. The Balaban J connectivity index is 1.66. The van der Waals surface area contributed by atoms with Gasteiger partial charge in [-0.25, -0.2) is 13.1 Å². The van der Waals surface area contributed by atoms with Crippen LogP contribution < -0.4 is 0 Å². The minimum atomic E-state index is -3.54. The maximum absolute atomic E-state index is 13.0. The van der Waals surface area contributed by atoms with Crippen LogP contribution in [0.3, 0.4) is 0 Å². The second kappa shape index (κ2) is 6.05. The number of benzene rings is 2. The zero-order valence-corrected chi connectivity index (χ0v) is 14.5. The molecule has 0 saturated heterocycles. The molecule has 0 unspecified atom stereocenters. The lowest BCUT2D eigenvalue weighted by Gasteiger charge is -2.28. The molecule has 0 bridgehead atoms. The lowest BCUT2D eigenvalue weighted by atomic mass is 10.0. The average Bonchev–Trinajstić information content (AvgIpc) is 3.15. The molecular formula is C17H17N5O2S. The Morgan fingerprint density at radius 2 is 1.88 bits per heavy atom. The van der Waals surface area contributed by atoms with Crippen molar-refractivity contribution >= 4 is 10.0 Å². The van der Waals surface area contributed by atoms with Crippen molar-refractivity contribution in [1.29, 1.82) is 0 Å². The molecule has 0 aliphatic carbocycles. The second-order valence-electron chi connectivity index (χ2n) is 6.06. The van der Waals surface area contributed by atoms with Gasteiger partial charge in [-0.1, -0.05) is 24.3 Å². The Hall–Kier alpha value is -2.58. The number of sulfonamides is 1. The Kier molecular flexibility index (Phi) is 3.85. The molecule has 25 heavy (non-hydrogen) atoms. The van der Waals surface area contributed by atoms with Crippen LogP contribution in [0.4, 0.5) is 0 Å². The first-order chi connectivity index (χ1) is 12.1. The molecule has 0 N–H and O–H groups in total. The molecule has 3 aromatic rings. The van der Waals surface area contributed by atoms with E-state index >= 15 is 0 Å². The smallest absolute Gasteiger partial charge is 0.207 e. The predicted octanol–water partition coefficient (Wildman–Crippen LogP) is 1.72. The fourth-order valence-corrected chi connectivity index (χ4v) is 4.65. The van der Waals surface area contributed by atoms with Gasteiger partial charge in [0.25, 0.3) is 0 Å². The zero-order valence-electron chi connectivity index (χ0n) is 13.7. The van der Waals surface area contributed by atoms with Gasteiger partial charge >= 0.3 is 0 Å². The normalized spacial score (nSPS) is 15.1. The van der Waals surface area contributed by atoms with Crippen LogP contribution in [-0.4, -0.2) is 39.5 Å². The van der Waals surface area contributed by atoms with Crippen molar-refractivity contribution in [1.82, 2.24) is 24.5 Å². The van der Waals surface area contributed by atoms with Crippen molar-refractivity contribution in [2.75, 3.05) is 6.54 Å². The van der Waals surface area contributed by atoms with E-state index in [2.05, 4.69) is 21.6 Å². The molecule has 0 radical (unpaired) electrons. The van der Waals surface area contributed by atoms with Gasteiger partial charge in [0.05, 0.1) is 10.6 Å². The summed E-state index contributed by atoms with van der Waals surface area (Å²) in [5, 5.41) is 11.1. The van der Waals surface area contributed by atoms with Crippen molar-refractivity contribution < 1.29 is 8.42 Å². The van der Waals surface area contributed by atoms with Crippen LogP contribution in [0.15, 0.2) is 53.7 Å². The van der Waals surface area contributed by atoms with E-state index in [1.54, 1.807) is 22.5 Å². The van der Waals surface area contributed by atoms with Crippen molar-refractivity contribution in [3.63, 3.8) is 0 Å². The fourth-order valence-electron chi connectivity index (χ4n) is 3.14. The molecule has 0 fully saturated rings. The third-order valence-corrected chi connectivity index (χ3v) is 6.34. The highest BCUT2D eigenvalue weighted by Gasteiger charge is 2.28.